The van der Waals surface area contributed by atoms with Gasteiger partial charge in [0.1, 0.15) is 0 Å². The number of aromatic nitrogens is 1. The smallest absolute Gasteiger partial charge is 0.302 e. The normalized spacial score (nSPS) is 12.1. The first-order valence-electron chi connectivity index (χ1n) is 7.40. The monoisotopic (exact) mass is 319 g/mol. The molecule has 0 aliphatic rings. The molecule has 118 valence electrons. The number of rotatable bonds is 6. The fraction of sp³-hybridized carbons (Fsp3) is 0.353. The zero-order chi connectivity index (χ0) is 16.2. The molecule has 5 heteroatoms. The van der Waals surface area contributed by atoms with Crippen LogP contribution >= 0.6 is 7.60 Å². The summed E-state index contributed by atoms with van der Waals surface area (Å²) in [6.07, 6.45) is 1.30. The second-order valence-electron chi connectivity index (χ2n) is 5.54. The topological polar surface area (TPSA) is 48.4 Å². The Kier molecular flexibility index (Phi) is 5.52. The molecular formula is C17H22NO3P. The Hall–Kier alpha value is -1.48. The van der Waals surface area contributed by atoms with E-state index in [1.54, 1.807) is 12.3 Å². The van der Waals surface area contributed by atoms with E-state index < -0.39 is 7.60 Å². The van der Waals surface area contributed by atoms with E-state index in [1.807, 2.05) is 64.1 Å². The lowest BCUT2D eigenvalue weighted by atomic mass is 10.1. The summed E-state index contributed by atoms with van der Waals surface area (Å²) in [6.45, 7) is 7.39. The number of pyridine rings is 1. The van der Waals surface area contributed by atoms with E-state index in [0.717, 1.165) is 11.3 Å². The van der Waals surface area contributed by atoms with Gasteiger partial charge in [-0.1, -0.05) is 24.3 Å². The van der Waals surface area contributed by atoms with Crippen molar-refractivity contribution in [3.05, 3.63) is 48.7 Å². The van der Waals surface area contributed by atoms with Gasteiger partial charge in [0.25, 0.3) is 0 Å². The highest BCUT2D eigenvalue weighted by Crippen LogP contribution is 2.51. The van der Waals surface area contributed by atoms with Crippen LogP contribution in [0.4, 0.5) is 0 Å². The zero-order valence-corrected chi connectivity index (χ0v) is 14.3. The Balaban J connectivity index is 2.55. The molecule has 2 rings (SSSR count). The molecule has 0 atom stereocenters. The maximum Gasteiger partial charge on any atom is 0.362 e. The lowest BCUT2D eigenvalue weighted by Gasteiger charge is -2.24. The molecule has 0 fully saturated rings. The van der Waals surface area contributed by atoms with Gasteiger partial charge in [0.2, 0.25) is 0 Å². The third-order valence-corrected chi connectivity index (χ3v) is 5.22. The lowest BCUT2D eigenvalue weighted by Crippen LogP contribution is -2.18. The molecule has 1 heterocycles. The minimum Gasteiger partial charge on any atom is -0.302 e. The SMILES string of the molecule is CC(C)OP(=O)(OC(C)C)c1ccccc1-c1ccccn1. The van der Waals surface area contributed by atoms with Crippen LogP contribution in [0.1, 0.15) is 27.7 Å². The van der Waals surface area contributed by atoms with Crippen molar-refractivity contribution >= 4 is 12.9 Å². The molecule has 0 unspecified atom stereocenters. The number of hydrogen-bond donors (Lipinski definition) is 0. The summed E-state index contributed by atoms with van der Waals surface area (Å²) in [6, 6.07) is 13.0. The van der Waals surface area contributed by atoms with E-state index in [0.29, 0.717) is 5.30 Å². The van der Waals surface area contributed by atoms with Crippen molar-refractivity contribution in [1.82, 2.24) is 4.98 Å². The van der Waals surface area contributed by atoms with Crippen molar-refractivity contribution in [2.45, 2.75) is 39.9 Å². The van der Waals surface area contributed by atoms with Crippen molar-refractivity contribution in [3.63, 3.8) is 0 Å². The average Bonchev–Trinajstić information content (AvgIpc) is 2.46. The van der Waals surface area contributed by atoms with E-state index in [9.17, 15) is 4.57 Å². The minimum atomic E-state index is -3.43. The summed E-state index contributed by atoms with van der Waals surface area (Å²) in [7, 11) is -3.43. The van der Waals surface area contributed by atoms with Gasteiger partial charge < -0.3 is 9.05 Å². The number of benzene rings is 1. The van der Waals surface area contributed by atoms with Crippen LogP contribution < -0.4 is 5.30 Å². The van der Waals surface area contributed by atoms with Crippen LogP contribution in [0.3, 0.4) is 0 Å². The Morgan fingerprint density at radius 2 is 1.50 bits per heavy atom. The molecule has 0 radical (unpaired) electrons. The van der Waals surface area contributed by atoms with Crippen molar-refractivity contribution < 1.29 is 13.6 Å². The predicted molar refractivity (Wildman–Crippen MR) is 89.4 cm³/mol. The highest BCUT2D eigenvalue weighted by Gasteiger charge is 2.33. The first-order valence-corrected chi connectivity index (χ1v) is 8.94. The summed E-state index contributed by atoms with van der Waals surface area (Å²) in [5.74, 6) is 0. The summed E-state index contributed by atoms with van der Waals surface area (Å²) >= 11 is 0. The third kappa shape index (κ3) is 4.04. The van der Waals surface area contributed by atoms with E-state index in [-0.39, 0.29) is 12.2 Å². The van der Waals surface area contributed by atoms with Gasteiger partial charge in [-0.15, -0.1) is 0 Å². The maximum absolute atomic E-state index is 13.4. The lowest BCUT2D eigenvalue weighted by molar-refractivity contribution is 0.150. The standard InChI is InChI=1S/C17H22NO3P/c1-13(2)20-22(19,21-14(3)4)17-11-6-5-9-15(17)16-10-7-8-12-18-16/h5-14H,1-4H3. The molecule has 0 saturated heterocycles. The van der Waals surface area contributed by atoms with Gasteiger partial charge in [-0.2, -0.15) is 0 Å². The van der Waals surface area contributed by atoms with E-state index >= 15 is 0 Å². The molecule has 2 aromatic rings. The minimum absolute atomic E-state index is 0.207. The molecule has 0 bridgehead atoms. The van der Waals surface area contributed by atoms with Crippen LogP contribution in [0.5, 0.6) is 0 Å². The maximum atomic E-state index is 13.4. The Morgan fingerprint density at radius 1 is 0.909 bits per heavy atom. The Labute approximate surface area is 132 Å². The van der Waals surface area contributed by atoms with Gasteiger partial charge in [-0.25, -0.2) is 0 Å². The second kappa shape index (κ2) is 7.19. The van der Waals surface area contributed by atoms with Crippen LogP contribution in [0, 0.1) is 0 Å². The molecule has 0 aliphatic heterocycles. The van der Waals surface area contributed by atoms with E-state index in [2.05, 4.69) is 4.98 Å². The van der Waals surface area contributed by atoms with Crippen LogP contribution in [-0.2, 0) is 13.6 Å². The summed E-state index contributed by atoms with van der Waals surface area (Å²) in [4.78, 5) is 4.35. The van der Waals surface area contributed by atoms with Crippen molar-refractivity contribution in [2.24, 2.45) is 0 Å². The third-order valence-electron chi connectivity index (χ3n) is 2.84. The number of nitrogens with zero attached hydrogens (tertiary/aromatic N) is 1. The van der Waals surface area contributed by atoms with E-state index in [1.165, 1.54) is 0 Å². The molecule has 0 amide bonds. The van der Waals surface area contributed by atoms with Gasteiger partial charge in [0.15, 0.2) is 0 Å². The van der Waals surface area contributed by atoms with Crippen molar-refractivity contribution in [3.8, 4) is 11.3 Å². The zero-order valence-electron chi connectivity index (χ0n) is 13.4. The molecule has 1 aromatic heterocycles. The van der Waals surface area contributed by atoms with Gasteiger partial charge in [-0.05, 0) is 45.9 Å². The van der Waals surface area contributed by atoms with Crippen molar-refractivity contribution in [1.29, 1.82) is 0 Å². The molecule has 4 nitrogen and oxygen atoms in total. The predicted octanol–water partition coefficient (Wildman–Crippen LogP) is 4.42. The van der Waals surface area contributed by atoms with Gasteiger partial charge >= 0.3 is 7.60 Å². The number of hydrogen-bond acceptors (Lipinski definition) is 4. The second-order valence-corrected chi connectivity index (χ2v) is 7.44. The first kappa shape index (κ1) is 16.9. The average molecular weight is 319 g/mol. The molecular weight excluding hydrogens is 297 g/mol. The Morgan fingerprint density at radius 3 is 2.05 bits per heavy atom. The summed E-state index contributed by atoms with van der Waals surface area (Å²) in [5.41, 5.74) is 1.52. The summed E-state index contributed by atoms with van der Waals surface area (Å²) < 4.78 is 24.8. The van der Waals surface area contributed by atoms with Crippen LogP contribution in [0.25, 0.3) is 11.3 Å². The van der Waals surface area contributed by atoms with Crippen molar-refractivity contribution in [2.75, 3.05) is 0 Å². The fourth-order valence-corrected chi connectivity index (χ4v) is 4.28. The summed E-state index contributed by atoms with van der Waals surface area (Å²) in [5, 5.41) is 0.552. The van der Waals surface area contributed by atoms with Crippen LogP contribution in [-0.4, -0.2) is 17.2 Å². The molecule has 1 aromatic carbocycles. The Bertz CT molecular complexity index is 642. The largest absolute Gasteiger partial charge is 0.362 e. The molecule has 22 heavy (non-hydrogen) atoms. The highest BCUT2D eigenvalue weighted by atomic mass is 31.2. The highest BCUT2D eigenvalue weighted by molar-refractivity contribution is 7.62. The molecule has 0 N–H and O–H groups in total. The first-order chi connectivity index (χ1) is 10.4. The fourth-order valence-electron chi connectivity index (χ4n) is 2.14. The van der Waals surface area contributed by atoms with Gasteiger partial charge in [0, 0.05) is 11.8 Å². The molecule has 0 aliphatic carbocycles. The molecule has 0 spiro atoms. The molecule has 0 saturated carbocycles. The van der Waals surface area contributed by atoms with Gasteiger partial charge in [-0.3, -0.25) is 9.55 Å². The van der Waals surface area contributed by atoms with Crippen LogP contribution in [0.2, 0.25) is 0 Å². The van der Waals surface area contributed by atoms with Crippen LogP contribution in [0.15, 0.2) is 48.7 Å². The quantitative estimate of drug-likeness (QED) is 0.740. The van der Waals surface area contributed by atoms with Gasteiger partial charge in [0.05, 0.1) is 23.2 Å². The van der Waals surface area contributed by atoms with E-state index in [4.69, 9.17) is 9.05 Å².